The number of hydrogen-bond donors (Lipinski definition) is 1. The molecule has 8 nitrogen and oxygen atoms in total. The van der Waals surface area contributed by atoms with Crippen molar-refractivity contribution in [1.29, 1.82) is 0 Å². The number of nitrogens with zero attached hydrogens (tertiary/aromatic N) is 3. The van der Waals surface area contributed by atoms with E-state index in [1.807, 2.05) is 44.2 Å². The maximum Gasteiger partial charge on any atom is 0.333 e. The molecule has 1 aromatic heterocycles. The smallest absolute Gasteiger partial charge is 0.318 e. The molecule has 3 amide bonds. The number of anilines is 1. The Bertz CT molecular complexity index is 1590. The summed E-state index contributed by atoms with van der Waals surface area (Å²) in [5.74, 6) is -0.435. The minimum Gasteiger partial charge on any atom is -0.318 e. The fourth-order valence-corrected chi connectivity index (χ4v) is 5.22. The fourth-order valence-electron chi connectivity index (χ4n) is 4.28. The first-order chi connectivity index (χ1) is 18.2. The second-order valence-electron chi connectivity index (χ2n) is 8.61. The van der Waals surface area contributed by atoms with Gasteiger partial charge in [0.05, 0.1) is 10.6 Å². The van der Waals surface area contributed by atoms with Crippen LogP contribution in [0.5, 0.6) is 0 Å². The third kappa shape index (κ3) is 4.93. The Morgan fingerprint density at radius 3 is 2.08 bits per heavy atom. The van der Waals surface area contributed by atoms with Crippen LogP contribution in [0.1, 0.15) is 17.0 Å². The van der Waals surface area contributed by atoms with E-state index in [1.54, 1.807) is 42.5 Å². The van der Waals surface area contributed by atoms with Crippen molar-refractivity contribution < 1.29 is 14.5 Å². The molecule has 1 N–H and O–H groups in total. The summed E-state index contributed by atoms with van der Waals surface area (Å²) in [5.41, 5.74) is 4.34. The lowest BCUT2D eigenvalue weighted by atomic mass is 10.2. The number of amides is 3. The van der Waals surface area contributed by atoms with Gasteiger partial charge in [0.2, 0.25) is 0 Å². The van der Waals surface area contributed by atoms with E-state index in [2.05, 4.69) is 9.88 Å². The van der Waals surface area contributed by atoms with E-state index in [-0.39, 0.29) is 11.4 Å². The van der Waals surface area contributed by atoms with Crippen LogP contribution < -0.4 is 10.2 Å². The summed E-state index contributed by atoms with van der Waals surface area (Å²) >= 11 is 7.45. The number of benzene rings is 3. The average molecular weight is 545 g/mol. The van der Waals surface area contributed by atoms with Crippen molar-refractivity contribution in [3.63, 3.8) is 0 Å². The predicted octanol–water partition coefficient (Wildman–Crippen LogP) is 6.90. The number of aryl methyl sites for hydroxylation is 1. The molecular weight excluding hydrogens is 524 g/mol. The number of carbonyl (C=O) groups is 2. The van der Waals surface area contributed by atoms with Crippen molar-refractivity contribution in [2.24, 2.45) is 0 Å². The number of rotatable bonds is 6. The van der Waals surface area contributed by atoms with Gasteiger partial charge in [-0.05, 0) is 92.2 Å². The minimum absolute atomic E-state index is 0.0607. The van der Waals surface area contributed by atoms with E-state index in [0.29, 0.717) is 10.7 Å². The van der Waals surface area contributed by atoms with Gasteiger partial charge in [0.15, 0.2) is 0 Å². The normalized spacial score (nSPS) is 14.3. The Labute approximate surface area is 227 Å². The largest absolute Gasteiger partial charge is 0.333 e. The van der Waals surface area contributed by atoms with Crippen LogP contribution in [0.25, 0.3) is 11.8 Å². The maximum absolute atomic E-state index is 13.0. The van der Waals surface area contributed by atoms with Crippen LogP contribution in [0.4, 0.5) is 16.2 Å². The SMILES string of the molecule is Cc1cc(/C=C2/NC(=O)N(c3ccc(Cl)cc3)C2=O)c(C)n1-c1ccc(Sc2ccc([N+](=O)[O-])cc2)cc1. The first-order valence-corrected chi connectivity index (χ1v) is 12.7. The molecule has 10 heteroatoms. The molecule has 1 aliphatic heterocycles. The van der Waals surface area contributed by atoms with E-state index < -0.39 is 16.9 Å². The summed E-state index contributed by atoms with van der Waals surface area (Å²) in [7, 11) is 0. The van der Waals surface area contributed by atoms with Crippen LogP contribution in [-0.2, 0) is 4.79 Å². The Kier molecular flexibility index (Phi) is 6.79. The van der Waals surface area contributed by atoms with Gasteiger partial charge >= 0.3 is 6.03 Å². The van der Waals surface area contributed by atoms with Crippen LogP contribution >= 0.6 is 23.4 Å². The summed E-state index contributed by atoms with van der Waals surface area (Å²) in [6, 6.07) is 22.4. The molecule has 0 atom stereocenters. The van der Waals surface area contributed by atoms with Gasteiger partial charge in [-0.3, -0.25) is 14.9 Å². The van der Waals surface area contributed by atoms with Crippen molar-refractivity contribution >= 4 is 52.8 Å². The molecule has 0 radical (unpaired) electrons. The molecule has 0 spiro atoms. The Hall–Kier alpha value is -4.34. The highest BCUT2D eigenvalue weighted by molar-refractivity contribution is 7.99. The number of nitro groups is 1. The molecular formula is C28H21ClN4O4S. The van der Waals surface area contributed by atoms with Crippen LogP contribution in [-0.4, -0.2) is 21.4 Å². The maximum atomic E-state index is 13.0. The summed E-state index contributed by atoms with van der Waals surface area (Å²) in [5, 5.41) is 14.0. The van der Waals surface area contributed by atoms with E-state index >= 15 is 0 Å². The van der Waals surface area contributed by atoms with Gasteiger partial charge in [0, 0.05) is 44.0 Å². The topological polar surface area (TPSA) is 97.5 Å². The fraction of sp³-hybridized carbons (Fsp3) is 0.0714. The van der Waals surface area contributed by atoms with E-state index in [1.165, 1.54) is 23.9 Å². The lowest BCUT2D eigenvalue weighted by Crippen LogP contribution is -2.30. The first-order valence-electron chi connectivity index (χ1n) is 11.6. The van der Waals surface area contributed by atoms with Gasteiger partial charge in [0.25, 0.3) is 11.6 Å². The van der Waals surface area contributed by atoms with E-state index in [9.17, 15) is 19.7 Å². The molecule has 5 rings (SSSR count). The molecule has 1 saturated heterocycles. The third-order valence-electron chi connectivity index (χ3n) is 6.11. The highest BCUT2D eigenvalue weighted by Crippen LogP contribution is 2.31. The molecule has 1 aliphatic rings. The molecule has 38 heavy (non-hydrogen) atoms. The predicted molar refractivity (Wildman–Crippen MR) is 148 cm³/mol. The van der Waals surface area contributed by atoms with Gasteiger partial charge in [-0.2, -0.15) is 0 Å². The summed E-state index contributed by atoms with van der Waals surface area (Å²) in [4.78, 5) is 39.0. The molecule has 0 unspecified atom stereocenters. The van der Waals surface area contributed by atoms with Gasteiger partial charge in [0.1, 0.15) is 5.70 Å². The molecule has 1 fully saturated rings. The molecule has 4 aromatic rings. The van der Waals surface area contributed by atoms with Gasteiger partial charge < -0.3 is 9.88 Å². The Morgan fingerprint density at radius 2 is 1.47 bits per heavy atom. The molecule has 0 aliphatic carbocycles. The Balaban J connectivity index is 1.36. The van der Waals surface area contributed by atoms with Gasteiger partial charge in [-0.15, -0.1) is 0 Å². The van der Waals surface area contributed by atoms with Gasteiger partial charge in [-0.1, -0.05) is 23.4 Å². The van der Waals surface area contributed by atoms with Crippen LogP contribution in [0, 0.1) is 24.0 Å². The second kappa shape index (κ2) is 10.2. The lowest BCUT2D eigenvalue weighted by molar-refractivity contribution is -0.384. The van der Waals surface area contributed by atoms with Crippen LogP contribution in [0.2, 0.25) is 5.02 Å². The minimum atomic E-state index is -0.515. The number of urea groups is 1. The number of nitro benzene ring substituents is 1. The number of carbonyl (C=O) groups excluding carboxylic acids is 2. The Morgan fingerprint density at radius 1 is 0.895 bits per heavy atom. The van der Waals surface area contributed by atoms with E-state index in [0.717, 1.165) is 37.3 Å². The number of hydrogen-bond acceptors (Lipinski definition) is 5. The van der Waals surface area contributed by atoms with Crippen molar-refractivity contribution in [2.45, 2.75) is 23.6 Å². The zero-order valence-corrected chi connectivity index (χ0v) is 21.9. The van der Waals surface area contributed by atoms with Gasteiger partial charge in [-0.25, -0.2) is 9.69 Å². The average Bonchev–Trinajstić information content (AvgIpc) is 3.33. The van der Waals surface area contributed by atoms with Crippen LogP contribution in [0.15, 0.2) is 94.4 Å². The summed E-state index contributed by atoms with van der Waals surface area (Å²) in [6.07, 6.45) is 1.69. The number of non-ortho nitro benzene ring substituents is 1. The van der Waals surface area contributed by atoms with Crippen molar-refractivity contribution in [1.82, 2.24) is 9.88 Å². The molecule has 0 saturated carbocycles. The number of imide groups is 1. The molecule has 0 bridgehead atoms. The zero-order chi connectivity index (χ0) is 27.0. The van der Waals surface area contributed by atoms with Crippen molar-refractivity contribution in [3.05, 3.63) is 117 Å². The standard InChI is InChI=1S/C28H21ClN4O4S/c1-17-15-19(16-26-27(34)32(28(35)30-26)22-5-3-20(29)4-6-22)18(2)31(17)21-7-11-24(12-8-21)38-25-13-9-23(10-14-25)33(36)37/h3-16H,1-2H3,(H,30,35)/b26-16+. The third-order valence-corrected chi connectivity index (χ3v) is 7.38. The van der Waals surface area contributed by atoms with Crippen molar-refractivity contribution in [2.75, 3.05) is 4.90 Å². The summed E-state index contributed by atoms with van der Waals surface area (Å²) in [6.45, 7) is 3.93. The number of nitrogens with one attached hydrogen (secondary N) is 1. The first kappa shape index (κ1) is 25.3. The second-order valence-corrected chi connectivity index (χ2v) is 10.2. The highest BCUT2D eigenvalue weighted by Gasteiger charge is 2.35. The highest BCUT2D eigenvalue weighted by atomic mass is 35.5. The summed E-state index contributed by atoms with van der Waals surface area (Å²) < 4.78 is 2.07. The monoisotopic (exact) mass is 544 g/mol. The van der Waals surface area contributed by atoms with E-state index in [4.69, 9.17) is 11.6 Å². The van der Waals surface area contributed by atoms with Crippen LogP contribution in [0.3, 0.4) is 0 Å². The molecule has 190 valence electrons. The number of halogens is 1. The zero-order valence-electron chi connectivity index (χ0n) is 20.3. The molecule has 3 aromatic carbocycles. The van der Waals surface area contributed by atoms with Crippen molar-refractivity contribution in [3.8, 4) is 5.69 Å². The quantitative estimate of drug-likeness (QED) is 0.123. The number of aromatic nitrogens is 1. The lowest BCUT2D eigenvalue weighted by Gasteiger charge is -2.11. The molecule has 2 heterocycles.